The van der Waals surface area contributed by atoms with Crippen LogP contribution >= 0.6 is 12.4 Å². The van der Waals surface area contributed by atoms with Crippen LogP contribution < -0.4 is 10.6 Å². The zero-order chi connectivity index (χ0) is 16.1. The van der Waals surface area contributed by atoms with Gasteiger partial charge in [-0.1, -0.05) is 26.0 Å². The number of benzene rings is 1. The van der Waals surface area contributed by atoms with E-state index in [0.717, 1.165) is 25.2 Å². The fourth-order valence-corrected chi connectivity index (χ4v) is 2.83. The van der Waals surface area contributed by atoms with E-state index in [0.29, 0.717) is 12.6 Å². The Morgan fingerprint density at radius 2 is 2.04 bits per heavy atom. The van der Waals surface area contributed by atoms with E-state index >= 15 is 0 Å². The van der Waals surface area contributed by atoms with Crippen LogP contribution in [0.3, 0.4) is 0 Å². The molecule has 1 aromatic rings. The maximum Gasteiger partial charge on any atom is 0.234 e. The van der Waals surface area contributed by atoms with Crippen LogP contribution in [-0.2, 0) is 4.79 Å². The van der Waals surface area contributed by atoms with Crippen molar-refractivity contribution in [1.29, 1.82) is 0 Å². The fraction of sp³-hybridized carbons (Fsp3) is 0.588. The van der Waals surface area contributed by atoms with Gasteiger partial charge in [0.05, 0.1) is 12.6 Å². The lowest BCUT2D eigenvalue weighted by atomic mass is 9.96. The molecular weight excluding hydrogens is 317 g/mol. The fourth-order valence-electron chi connectivity index (χ4n) is 2.83. The molecule has 0 aliphatic carbocycles. The summed E-state index contributed by atoms with van der Waals surface area (Å²) in [6.07, 6.45) is 0. The van der Waals surface area contributed by atoms with Crippen LogP contribution in [0.1, 0.15) is 32.4 Å². The number of nitrogens with one attached hydrogen (secondary N) is 2. The molecule has 1 amide bonds. The molecule has 4 nitrogen and oxygen atoms in total. The first-order chi connectivity index (χ1) is 10.5. The monoisotopic (exact) mass is 343 g/mol. The third kappa shape index (κ3) is 5.75. The molecular formula is C17H27ClFN3O. The SMILES string of the molecule is CC(C)C(NC(=O)CN1CCNC[C@H]1C)c1ccc(F)cc1.Cl. The van der Waals surface area contributed by atoms with Crippen molar-refractivity contribution in [2.75, 3.05) is 26.2 Å². The molecule has 0 radical (unpaired) electrons. The summed E-state index contributed by atoms with van der Waals surface area (Å²) in [5, 5.41) is 6.42. The van der Waals surface area contributed by atoms with Crippen molar-refractivity contribution in [3.05, 3.63) is 35.6 Å². The second-order valence-electron chi connectivity index (χ2n) is 6.36. The van der Waals surface area contributed by atoms with Gasteiger partial charge >= 0.3 is 0 Å². The lowest BCUT2D eigenvalue weighted by Crippen LogP contribution is -2.53. The summed E-state index contributed by atoms with van der Waals surface area (Å²) in [6, 6.07) is 6.64. The maximum absolute atomic E-state index is 13.1. The second-order valence-corrected chi connectivity index (χ2v) is 6.36. The highest BCUT2D eigenvalue weighted by Gasteiger charge is 2.23. The summed E-state index contributed by atoms with van der Waals surface area (Å²) in [5.74, 6) is 0.0128. The average molecular weight is 344 g/mol. The molecule has 1 fully saturated rings. The van der Waals surface area contributed by atoms with Crippen molar-refractivity contribution in [2.45, 2.75) is 32.9 Å². The molecule has 2 atom stereocenters. The number of rotatable bonds is 5. The zero-order valence-electron chi connectivity index (χ0n) is 14.0. The molecule has 0 spiro atoms. The third-order valence-corrected chi connectivity index (χ3v) is 4.20. The van der Waals surface area contributed by atoms with E-state index in [-0.39, 0.29) is 36.1 Å². The van der Waals surface area contributed by atoms with Crippen molar-refractivity contribution < 1.29 is 9.18 Å². The molecule has 1 saturated heterocycles. The summed E-state index contributed by atoms with van der Waals surface area (Å²) < 4.78 is 13.1. The topological polar surface area (TPSA) is 44.4 Å². The molecule has 1 aliphatic rings. The largest absolute Gasteiger partial charge is 0.348 e. The number of halogens is 2. The minimum absolute atomic E-state index is 0. The quantitative estimate of drug-likeness (QED) is 0.862. The number of carbonyl (C=O) groups is 1. The summed E-state index contributed by atoms with van der Waals surface area (Å²) >= 11 is 0. The van der Waals surface area contributed by atoms with E-state index in [1.807, 2.05) is 0 Å². The first-order valence-electron chi connectivity index (χ1n) is 7.97. The third-order valence-electron chi connectivity index (χ3n) is 4.20. The normalized spacial score (nSPS) is 20.0. The Kier molecular flexibility index (Phi) is 7.95. The molecule has 1 unspecified atom stereocenters. The van der Waals surface area contributed by atoms with Gasteiger partial charge in [-0.05, 0) is 30.5 Å². The lowest BCUT2D eigenvalue weighted by Gasteiger charge is -2.34. The minimum atomic E-state index is -0.257. The van der Waals surface area contributed by atoms with E-state index in [2.05, 4.69) is 36.3 Å². The standard InChI is InChI=1S/C17H26FN3O.ClH/c1-12(2)17(14-4-6-15(18)7-5-14)20-16(22)11-21-9-8-19-10-13(21)3;/h4-7,12-13,17,19H,8-11H2,1-3H3,(H,20,22);1H/t13-,17?;/m1./s1. The van der Waals surface area contributed by atoms with E-state index in [4.69, 9.17) is 0 Å². The highest BCUT2D eigenvalue weighted by molar-refractivity contribution is 5.85. The van der Waals surface area contributed by atoms with Gasteiger partial charge in [0.25, 0.3) is 0 Å². The van der Waals surface area contributed by atoms with Gasteiger partial charge in [0.1, 0.15) is 5.82 Å². The van der Waals surface area contributed by atoms with Crippen LogP contribution in [0, 0.1) is 11.7 Å². The molecule has 1 heterocycles. The van der Waals surface area contributed by atoms with Gasteiger partial charge in [-0.2, -0.15) is 0 Å². The molecule has 1 aromatic carbocycles. The van der Waals surface area contributed by atoms with Gasteiger partial charge in [0, 0.05) is 25.7 Å². The van der Waals surface area contributed by atoms with E-state index < -0.39 is 0 Å². The molecule has 6 heteroatoms. The predicted molar refractivity (Wildman–Crippen MR) is 93.3 cm³/mol. The number of hydrogen-bond donors (Lipinski definition) is 2. The van der Waals surface area contributed by atoms with E-state index in [9.17, 15) is 9.18 Å². The highest BCUT2D eigenvalue weighted by atomic mass is 35.5. The molecule has 1 aliphatic heterocycles. The van der Waals surface area contributed by atoms with E-state index in [1.165, 1.54) is 12.1 Å². The van der Waals surface area contributed by atoms with Gasteiger partial charge in [0.15, 0.2) is 0 Å². The number of hydrogen-bond acceptors (Lipinski definition) is 3. The van der Waals surface area contributed by atoms with Crippen LogP contribution in [0.25, 0.3) is 0 Å². The van der Waals surface area contributed by atoms with Gasteiger partial charge < -0.3 is 10.6 Å². The van der Waals surface area contributed by atoms with Gasteiger partial charge in [-0.15, -0.1) is 12.4 Å². The van der Waals surface area contributed by atoms with Crippen LogP contribution in [-0.4, -0.2) is 43.0 Å². The Labute approximate surface area is 144 Å². The summed E-state index contributed by atoms with van der Waals surface area (Å²) in [7, 11) is 0. The Balaban J connectivity index is 0.00000264. The zero-order valence-corrected chi connectivity index (χ0v) is 14.8. The maximum atomic E-state index is 13.1. The Hall–Kier alpha value is -1.17. The van der Waals surface area contributed by atoms with Crippen molar-refractivity contribution >= 4 is 18.3 Å². The van der Waals surface area contributed by atoms with Gasteiger partial charge in [0.2, 0.25) is 5.91 Å². The first kappa shape index (κ1) is 19.9. The first-order valence-corrected chi connectivity index (χ1v) is 7.97. The number of piperazine rings is 1. The van der Waals surface area contributed by atoms with Crippen molar-refractivity contribution in [3.63, 3.8) is 0 Å². The van der Waals surface area contributed by atoms with Crippen LogP contribution in [0.4, 0.5) is 4.39 Å². The number of amides is 1. The summed E-state index contributed by atoms with van der Waals surface area (Å²) in [4.78, 5) is 14.6. The second kappa shape index (κ2) is 9.21. The molecule has 23 heavy (non-hydrogen) atoms. The highest BCUT2D eigenvalue weighted by Crippen LogP contribution is 2.22. The number of nitrogens with zero attached hydrogens (tertiary/aromatic N) is 1. The predicted octanol–water partition coefficient (Wildman–Crippen LogP) is 2.35. The minimum Gasteiger partial charge on any atom is -0.348 e. The van der Waals surface area contributed by atoms with E-state index in [1.54, 1.807) is 12.1 Å². The smallest absolute Gasteiger partial charge is 0.234 e. The molecule has 0 saturated carbocycles. The van der Waals surface area contributed by atoms with Crippen LogP contribution in [0.2, 0.25) is 0 Å². The van der Waals surface area contributed by atoms with Gasteiger partial charge in [-0.3, -0.25) is 9.69 Å². The molecule has 0 bridgehead atoms. The summed E-state index contributed by atoms with van der Waals surface area (Å²) in [6.45, 7) is 9.37. The molecule has 2 N–H and O–H groups in total. The van der Waals surface area contributed by atoms with Crippen molar-refractivity contribution in [3.8, 4) is 0 Å². The Morgan fingerprint density at radius 1 is 1.39 bits per heavy atom. The Morgan fingerprint density at radius 3 is 2.61 bits per heavy atom. The number of carbonyl (C=O) groups excluding carboxylic acids is 1. The van der Waals surface area contributed by atoms with Crippen LogP contribution in [0.5, 0.6) is 0 Å². The lowest BCUT2D eigenvalue weighted by molar-refractivity contribution is -0.124. The van der Waals surface area contributed by atoms with Crippen molar-refractivity contribution in [1.82, 2.24) is 15.5 Å². The van der Waals surface area contributed by atoms with Crippen LogP contribution in [0.15, 0.2) is 24.3 Å². The molecule has 130 valence electrons. The van der Waals surface area contributed by atoms with Crippen molar-refractivity contribution in [2.24, 2.45) is 5.92 Å². The summed E-state index contributed by atoms with van der Waals surface area (Å²) in [5.41, 5.74) is 0.943. The van der Waals surface area contributed by atoms with Gasteiger partial charge in [-0.25, -0.2) is 4.39 Å². The molecule has 0 aromatic heterocycles. The molecule has 2 rings (SSSR count). The average Bonchev–Trinajstić information content (AvgIpc) is 2.48. The Bertz CT molecular complexity index is 495.